The van der Waals surface area contributed by atoms with Gasteiger partial charge in [-0.1, -0.05) is 6.07 Å². The number of nitrogens with one attached hydrogen (secondary N) is 1. The molecule has 0 aromatic carbocycles. The zero-order valence-corrected chi connectivity index (χ0v) is 14.9. The van der Waals surface area contributed by atoms with Gasteiger partial charge < -0.3 is 20.7 Å². The maximum absolute atomic E-state index is 12.3. The van der Waals surface area contributed by atoms with Gasteiger partial charge in [-0.15, -0.1) is 11.3 Å². The standard InChI is InChI=1S/C17H23N5O2S/c18-16-21-14(12-25-16)6-8-20-17(23)22-9-3-5-15(10-22)24-11-13-4-1-2-7-19-13/h1-2,4,7,12,15H,3,5-6,8-11H2,(H2,18,21)(H,20,23)/t15-/m1/s1. The predicted molar refractivity (Wildman–Crippen MR) is 97.3 cm³/mol. The van der Waals surface area contributed by atoms with E-state index in [9.17, 15) is 4.79 Å². The molecule has 2 aromatic heterocycles. The van der Waals surface area contributed by atoms with Crippen LogP contribution >= 0.6 is 11.3 Å². The molecule has 0 saturated carbocycles. The van der Waals surface area contributed by atoms with Crippen LogP contribution in [0.2, 0.25) is 0 Å². The molecule has 25 heavy (non-hydrogen) atoms. The Morgan fingerprint density at radius 3 is 3.12 bits per heavy atom. The Bertz CT molecular complexity index is 679. The van der Waals surface area contributed by atoms with E-state index < -0.39 is 0 Å². The van der Waals surface area contributed by atoms with E-state index >= 15 is 0 Å². The summed E-state index contributed by atoms with van der Waals surface area (Å²) < 4.78 is 5.92. The molecule has 8 heteroatoms. The number of amides is 2. The first-order chi connectivity index (χ1) is 12.2. The molecule has 1 fully saturated rings. The van der Waals surface area contributed by atoms with Crippen LogP contribution in [0.4, 0.5) is 9.93 Å². The van der Waals surface area contributed by atoms with Crippen molar-refractivity contribution in [2.75, 3.05) is 25.4 Å². The van der Waals surface area contributed by atoms with Crippen LogP contribution in [0.5, 0.6) is 0 Å². The Hall–Kier alpha value is -2.19. The van der Waals surface area contributed by atoms with Crippen LogP contribution in [0.25, 0.3) is 0 Å². The highest BCUT2D eigenvalue weighted by molar-refractivity contribution is 7.13. The zero-order valence-electron chi connectivity index (χ0n) is 14.1. The highest BCUT2D eigenvalue weighted by atomic mass is 32.1. The summed E-state index contributed by atoms with van der Waals surface area (Å²) in [5, 5.41) is 5.43. The number of anilines is 1. The largest absolute Gasteiger partial charge is 0.375 e. The summed E-state index contributed by atoms with van der Waals surface area (Å²) in [6, 6.07) is 5.73. The highest BCUT2D eigenvalue weighted by Crippen LogP contribution is 2.15. The first-order valence-electron chi connectivity index (χ1n) is 8.45. The summed E-state index contributed by atoms with van der Waals surface area (Å²) in [7, 11) is 0. The molecule has 3 rings (SSSR count). The van der Waals surface area contributed by atoms with Crippen molar-refractivity contribution in [2.24, 2.45) is 0 Å². The quantitative estimate of drug-likeness (QED) is 0.821. The van der Waals surface area contributed by atoms with Gasteiger partial charge >= 0.3 is 6.03 Å². The van der Waals surface area contributed by atoms with Gasteiger partial charge in [0, 0.05) is 37.6 Å². The number of rotatable bonds is 6. The van der Waals surface area contributed by atoms with Gasteiger partial charge in [-0.3, -0.25) is 4.98 Å². The van der Waals surface area contributed by atoms with Crippen molar-refractivity contribution in [2.45, 2.75) is 32.0 Å². The number of ether oxygens (including phenoxy) is 1. The molecule has 2 aromatic rings. The van der Waals surface area contributed by atoms with Crippen molar-refractivity contribution in [1.29, 1.82) is 0 Å². The van der Waals surface area contributed by atoms with Gasteiger partial charge in [-0.25, -0.2) is 9.78 Å². The van der Waals surface area contributed by atoms with Crippen LogP contribution in [0.15, 0.2) is 29.8 Å². The summed E-state index contributed by atoms with van der Waals surface area (Å²) in [5.74, 6) is 0. The summed E-state index contributed by atoms with van der Waals surface area (Å²) >= 11 is 1.42. The van der Waals surface area contributed by atoms with Gasteiger partial charge in [-0.05, 0) is 25.0 Å². The van der Waals surface area contributed by atoms with E-state index in [0.717, 1.165) is 30.8 Å². The number of nitrogens with two attached hydrogens (primary N) is 1. The lowest BCUT2D eigenvalue weighted by Gasteiger charge is -2.32. The second-order valence-corrected chi connectivity index (χ2v) is 6.89. The first kappa shape index (κ1) is 17.6. The third-order valence-electron chi connectivity index (χ3n) is 4.09. The number of hydrogen-bond acceptors (Lipinski definition) is 6. The molecule has 1 saturated heterocycles. The minimum Gasteiger partial charge on any atom is -0.375 e. The number of piperidine rings is 1. The smallest absolute Gasteiger partial charge is 0.317 e. The summed E-state index contributed by atoms with van der Waals surface area (Å²) in [6.07, 6.45) is 4.42. The van der Waals surface area contributed by atoms with Crippen molar-refractivity contribution in [1.82, 2.24) is 20.2 Å². The van der Waals surface area contributed by atoms with Crippen LogP contribution in [0.3, 0.4) is 0 Å². The van der Waals surface area contributed by atoms with Gasteiger partial charge in [0.05, 0.1) is 24.1 Å². The lowest BCUT2D eigenvalue weighted by Crippen LogP contribution is -2.48. The first-order valence-corrected chi connectivity index (χ1v) is 9.33. The molecule has 3 heterocycles. The van der Waals surface area contributed by atoms with E-state index in [1.54, 1.807) is 6.20 Å². The highest BCUT2D eigenvalue weighted by Gasteiger charge is 2.24. The monoisotopic (exact) mass is 361 g/mol. The molecule has 0 radical (unpaired) electrons. The van der Waals surface area contributed by atoms with Crippen molar-refractivity contribution in [3.05, 3.63) is 41.2 Å². The molecular formula is C17H23N5O2S. The number of likely N-dealkylation sites (tertiary alicyclic amines) is 1. The molecular weight excluding hydrogens is 338 g/mol. The number of nitrogens with zero attached hydrogens (tertiary/aromatic N) is 3. The Labute approximate surface area is 151 Å². The maximum Gasteiger partial charge on any atom is 0.317 e. The number of thiazole rings is 1. The molecule has 0 aliphatic carbocycles. The Kier molecular flexibility index (Phi) is 6.19. The topological polar surface area (TPSA) is 93.4 Å². The number of carbonyl (C=O) groups is 1. The summed E-state index contributed by atoms with van der Waals surface area (Å²) in [6.45, 7) is 2.41. The maximum atomic E-state index is 12.3. The number of urea groups is 1. The minimum atomic E-state index is -0.0469. The van der Waals surface area contributed by atoms with E-state index in [4.69, 9.17) is 10.5 Å². The fraction of sp³-hybridized carbons (Fsp3) is 0.471. The van der Waals surface area contributed by atoms with E-state index in [2.05, 4.69) is 15.3 Å². The second-order valence-electron chi connectivity index (χ2n) is 6.00. The number of pyridine rings is 1. The van der Waals surface area contributed by atoms with Crippen molar-refractivity contribution < 1.29 is 9.53 Å². The fourth-order valence-electron chi connectivity index (χ4n) is 2.79. The lowest BCUT2D eigenvalue weighted by molar-refractivity contribution is -0.00162. The zero-order chi connectivity index (χ0) is 17.5. The van der Waals surface area contributed by atoms with Gasteiger partial charge in [0.25, 0.3) is 0 Å². The number of carbonyl (C=O) groups excluding carboxylic acids is 1. The summed E-state index contributed by atoms with van der Waals surface area (Å²) in [4.78, 5) is 22.6. The van der Waals surface area contributed by atoms with Crippen molar-refractivity contribution in [3.8, 4) is 0 Å². The number of nitrogen functional groups attached to an aromatic ring is 1. The van der Waals surface area contributed by atoms with Gasteiger partial charge in [0.2, 0.25) is 0 Å². The van der Waals surface area contributed by atoms with Crippen LogP contribution in [0, 0.1) is 0 Å². The second kappa shape index (κ2) is 8.77. The SMILES string of the molecule is Nc1nc(CCNC(=O)N2CCC[C@@H](OCc3ccccn3)C2)cs1. The molecule has 1 aliphatic rings. The molecule has 0 spiro atoms. The van der Waals surface area contributed by atoms with E-state index in [1.807, 2.05) is 28.5 Å². The average Bonchev–Trinajstić information content (AvgIpc) is 3.06. The Balaban J connectivity index is 1.40. The predicted octanol–water partition coefficient (Wildman–Crippen LogP) is 2.05. The molecule has 2 amide bonds. The molecule has 0 bridgehead atoms. The number of aromatic nitrogens is 2. The van der Waals surface area contributed by atoms with Gasteiger partial charge in [0.15, 0.2) is 5.13 Å². The molecule has 3 N–H and O–H groups in total. The van der Waals surface area contributed by atoms with Crippen molar-refractivity contribution >= 4 is 22.5 Å². The number of hydrogen-bond donors (Lipinski definition) is 2. The van der Waals surface area contributed by atoms with Crippen molar-refractivity contribution in [3.63, 3.8) is 0 Å². The molecule has 1 aliphatic heterocycles. The molecule has 1 atom stereocenters. The van der Waals surface area contributed by atoms with E-state index in [1.165, 1.54) is 11.3 Å². The molecule has 7 nitrogen and oxygen atoms in total. The fourth-order valence-corrected chi connectivity index (χ4v) is 3.39. The van der Waals surface area contributed by atoms with Crippen LogP contribution in [-0.2, 0) is 17.8 Å². The molecule has 134 valence electrons. The Morgan fingerprint density at radius 2 is 2.36 bits per heavy atom. The third-order valence-corrected chi connectivity index (χ3v) is 4.81. The average molecular weight is 361 g/mol. The normalized spacial score (nSPS) is 17.4. The van der Waals surface area contributed by atoms with E-state index in [0.29, 0.717) is 31.2 Å². The van der Waals surface area contributed by atoms with Gasteiger partial charge in [-0.2, -0.15) is 0 Å². The van der Waals surface area contributed by atoms with Crippen LogP contribution in [0.1, 0.15) is 24.2 Å². The lowest BCUT2D eigenvalue weighted by atomic mass is 10.1. The minimum absolute atomic E-state index is 0.0469. The third kappa shape index (κ3) is 5.40. The van der Waals surface area contributed by atoms with Crippen LogP contribution in [-0.4, -0.2) is 46.6 Å². The van der Waals surface area contributed by atoms with Gasteiger partial charge in [0.1, 0.15) is 0 Å². The van der Waals surface area contributed by atoms with Crippen LogP contribution < -0.4 is 11.1 Å². The Morgan fingerprint density at radius 1 is 1.44 bits per heavy atom. The summed E-state index contributed by atoms with van der Waals surface area (Å²) in [5.41, 5.74) is 7.43. The van der Waals surface area contributed by atoms with E-state index in [-0.39, 0.29) is 12.1 Å². The molecule has 0 unspecified atom stereocenters.